The van der Waals surface area contributed by atoms with Crippen LogP contribution in [-0.4, -0.2) is 45.5 Å². The number of nitrogens with zero attached hydrogens (tertiary/aromatic N) is 4. The molecule has 1 aromatic carbocycles. The maximum absolute atomic E-state index is 12.7. The quantitative estimate of drug-likeness (QED) is 0.272. The lowest BCUT2D eigenvalue weighted by Crippen LogP contribution is -2.12. The zero-order valence-corrected chi connectivity index (χ0v) is 20.3. The van der Waals surface area contributed by atoms with Gasteiger partial charge in [-0.1, -0.05) is 13.8 Å². The van der Waals surface area contributed by atoms with Gasteiger partial charge in [0.05, 0.1) is 38.2 Å². The number of carbonyl (C=O) groups is 1. The SMILES string of the molecule is COc1cc(-c2cnc3cc(-c4cncnc4C(C)C)ccn23)cc(OC)c1C(=O)CCC(F)(F)F. The molecule has 0 radical (unpaired) electrons. The molecule has 0 saturated heterocycles. The van der Waals surface area contributed by atoms with Crippen molar-refractivity contribution in [3.63, 3.8) is 0 Å². The van der Waals surface area contributed by atoms with E-state index in [0.717, 1.165) is 16.8 Å². The Kier molecular flexibility index (Phi) is 6.96. The molecule has 0 fully saturated rings. The Balaban J connectivity index is 1.75. The van der Waals surface area contributed by atoms with Gasteiger partial charge in [-0.2, -0.15) is 13.2 Å². The standard InChI is InChI=1S/C26H25F3N4O3/c1-15(2)25-18(12-30-14-32-25)16-6-8-33-19(13-31-23(33)11-16)17-9-21(35-3)24(22(10-17)36-4)20(34)5-7-26(27,28)29/h6,8-15H,5,7H2,1-4H3. The molecule has 3 aromatic heterocycles. The average Bonchev–Trinajstić information content (AvgIpc) is 3.29. The molecule has 0 saturated carbocycles. The largest absolute Gasteiger partial charge is 0.496 e. The molecule has 0 unspecified atom stereocenters. The first-order valence-electron chi connectivity index (χ1n) is 11.3. The molecule has 4 rings (SSSR count). The van der Waals surface area contributed by atoms with Gasteiger partial charge in [-0.3, -0.25) is 9.20 Å². The summed E-state index contributed by atoms with van der Waals surface area (Å²) in [4.78, 5) is 25.7. The molecule has 0 atom stereocenters. The molecule has 0 spiro atoms. The average molecular weight is 499 g/mol. The van der Waals surface area contributed by atoms with E-state index in [1.54, 1.807) is 24.5 Å². The van der Waals surface area contributed by atoms with Gasteiger partial charge in [0.1, 0.15) is 29.0 Å². The van der Waals surface area contributed by atoms with Gasteiger partial charge in [-0.05, 0) is 35.7 Å². The summed E-state index contributed by atoms with van der Waals surface area (Å²) in [6.45, 7) is 4.13. The highest BCUT2D eigenvalue weighted by atomic mass is 19.4. The zero-order valence-electron chi connectivity index (χ0n) is 20.3. The summed E-state index contributed by atoms with van der Waals surface area (Å²) in [5.74, 6) is -0.231. The van der Waals surface area contributed by atoms with E-state index in [1.807, 2.05) is 22.7 Å². The number of hydrogen-bond donors (Lipinski definition) is 0. The van der Waals surface area contributed by atoms with Crippen molar-refractivity contribution in [2.45, 2.75) is 38.8 Å². The van der Waals surface area contributed by atoms with Crippen LogP contribution in [-0.2, 0) is 0 Å². The summed E-state index contributed by atoms with van der Waals surface area (Å²) >= 11 is 0. The predicted molar refractivity (Wildman–Crippen MR) is 128 cm³/mol. The van der Waals surface area contributed by atoms with Gasteiger partial charge in [0, 0.05) is 29.9 Å². The van der Waals surface area contributed by atoms with Crippen LogP contribution in [0.25, 0.3) is 28.0 Å². The van der Waals surface area contributed by atoms with Crippen LogP contribution < -0.4 is 9.47 Å². The number of alkyl halides is 3. The summed E-state index contributed by atoms with van der Waals surface area (Å²) in [6.07, 6.45) is 0.490. The first kappa shape index (κ1) is 25.2. The van der Waals surface area contributed by atoms with Crippen LogP contribution in [0.3, 0.4) is 0 Å². The minimum atomic E-state index is -4.44. The summed E-state index contributed by atoms with van der Waals surface area (Å²) in [5, 5.41) is 0. The van der Waals surface area contributed by atoms with Crippen LogP contribution >= 0.6 is 0 Å². The van der Waals surface area contributed by atoms with Crippen molar-refractivity contribution in [1.82, 2.24) is 19.4 Å². The molecule has 36 heavy (non-hydrogen) atoms. The Morgan fingerprint density at radius 3 is 2.33 bits per heavy atom. The van der Waals surface area contributed by atoms with E-state index in [4.69, 9.17) is 9.47 Å². The number of halogens is 3. The topological polar surface area (TPSA) is 78.6 Å². The number of ether oxygens (including phenoxy) is 2. The van der Waals surface area contributed by atoms with E-state index >= 15 is 0 Å². The summed E-state index contributed by atoms with van der Waals surface area (Å²) < 4.78 is 50.6. The van der Waals surface area contributed by atoms with Crippen molar-refractivity contribution < 1.29 is 27.4 Å². The fraction of sp³-hybridized carbons (Fsp3) is 0.308. The van der Waals surface area contributed by atoms with Crippen molar-refractivity contribution in [2.24, 2.45) is 0 Å². The number of hydrogen-bond acceptors (Lipinski definition) is 6. The van der Waals surface area contributed by atoms with E-state index in [1.165, 1.54) is 20.5 Å². The van der Waals surface area contributed by atoms with Crippen molar-refractivity contribution in [2.75, 3.05) is 14.2 Å². The highest BCUT2D eigenvalue weighted by Gasteiger charge is 2.30. The molecule has 0 aliphatic carbocycles. The monoisotopic (exact) mass is 498 g/mol. The minimum Gasteiger partial charge on any atom is -0.496 e. The van der Waals surface area contributed by atoms with Gasteiger partial charge in [-0.15, -0.1) is 0 Å². The Morgan fingerprint density at radius 2 is 1.72 bits per heavy atom. The molecule has 10 heteroatoms. The van der Waals surface area contributed by atoms with Gasteiger partial charge < -0.3 is 9.47 Å². The third-order valence-corrected chi connectivity index (χ3v) is 5.83. The maximum atomic E-state index is 12.7. The lowest BCUT2D eigenvalue weighted by atomic mass is 9.99. The van der Waals surface area contributed by atoms with Crippen LogP contribution in [0.5, 0.6) is 11.5 Å². The van der Waals surface area contributed by atoms with Crippen molar-refractivity contribution in [3.05, 3.63) is 60.4 Å². The number of ketones is 1. The normalized spacial score (nSPS) is 11.8. The number of carbonyl (C=O) groups excluding carboxylic acids is 1. The van der Waals surface area contributed by atoms with Gasteiger partial charge in [-0.25, -0.2) is 15.0 Å². The summed E-state index contributed by atoms with van der Waals surface area (Å²) in [7, 11) is 2.71. The number of fused-ring (bicyclic) bond motifs is 1. The summed E-state index contributed by atoms with van der Waals surface area (Å²) in [5.41, 5.74) is 4.74. The molecular weight excluding hydrogens is 473 g/mol. The first-order valence-corrected chi connectivity index (χ1v) is 11.3. The molecular formula is C26H25F3N4O3. The second-order valence-electron chi connectivity index (χ2n) is 8.56. The maximum Gasteiger partial charge on any atom is 0.389 e. The second kappa shape index (κ2) is 9.96. The van der Waals surface area contributed by atoms with Crippen LogP contribution in [0.4, 0.5) is 13.2 Å². The first-order chi connectivity index (χ1) is 17.1. The molecule has 0 amide bonds. The number of Topliss-reactive ketones (excluding diaryl/α,β-unsaturated/α-hetero) is 1. The van der Waals surface area contributed by atoms with Crippen LogP contribution in [0, 0.1) is 0 Å². The smallest absolute Gasteiger partial charge is 0.389 e. The predicted octanol–water partition coefficient (Wildman–Crippen LogP) is 6.12. The molecule has 0 aliphatic rings. The molecule has 0 bridgehead atoms. The molecule has 188 valence electrons. The van der Waals surface area contributed by atoms with E-state index in [2.05, 4.69) is 28.8 Å². The highest BCUT2D eigenvalue weighted by Crippen LogP contribution is 2.37. The summed E-state index contributed by atoms with van der Waals surface area (Å²) in [6, 6.07) is 7.06. The Morgan fingerprint density at radius 1 is 1.03 bits per heavy atom. The van der Waals surface area contributed by atoms with Gasteiger partial charge in [0.25, 0.3) is 0 Å². The molecule has 4 aromatic rings. The van der Waals surface area contributed by atoms with Crippen LogP contribution in [0.1, 0.15) is 48.7 Å². The van der Waals surface area contributed by atoms with Crippen molar-refractivity contribution in [1.29, 1.82) is 0 Å². The van der Waals surface area contributed by atoms with E-state index in [9.17, 15) is 18.0 Å². The van der Waals surface area contributed by atoms with Crippen molar-refractivity contribution in [3.8, 4) is 33.9 Å². The number of imidazole rings is 1. The number of aromatic nitrogens is 4. The number of benzene rings is 1. The number of rotatable bonds is 8. The van der Waals surface area contributed by atoms with Crippen molar-refractivity contribution >= 4 is 11.4 Å². The Labute approximate surface area is 205 Å². The Hall–Kier alpha value is -3.95. The van der Waals surface area contributed by atoms with E-state index < -0.39 is 24.8 Å². The highest BCUT2D eigenvalue weighted by molar-refractivity contribution is 6.02. The Bertz CT molecular complexity index is 1390. The zero-order chi connectivity index (χ0) is 26.0. The van der Waals surface area contributed by atoms with Gasteiger partial charge >= 0.3 is 6.18 Å². The van der Waals surface area contributed by atoms with Gasteiger partial charge in [0.2, 0.25) is 0 Å². The second-order valence-corrected chi connectivity index (χ2v) is 8.56. The number of methoxy groups -OCH3 is 2. The molecule has 0 N–H and O–H groups in total. The fourth-order valence-corrected chi connectivity index (χ4v) is 4.10. The molecule has 7 nitrogen and oxygen atoms in total. The minimum absolute atomic E-state index is 0.0191. The lowest BCUT2D eigenvalue weighted by molar-refractivity contribution is -0.133. The third-order valence-electron chi connectivity index (χ3n) is 5.83. The third kappa shape index (κ3) is 5.02. The van der Waals surface area contributed by atoms with E-state index in [-0.39, 0.29) is 23.0 Å². The van der Waals surface area contributed by atoms with Crippen LogP contribution in [0.15, 0.2) is 49.2 Å². The van der Waals surface area contributed by atoms with E-state index in [0.29, 0.717) is 16.9 Å². The molecule has 3 heterocycles. The lowest BCUT2D eigenvalue weighted by Gasteiger charge is -2.15. The fourth-order valence-electron chi connectivity index (χ4n) is 4.10. The number of pyridine rings is 1. The van der Waals surface area contributed by atoms with Gasteiger partial charge in [0.15, 0.2) is 5.78 Å². The molecule has 0 aliphatic heterocycles. The van der Waals surface area contributed by atoms with Crippen LogP contribution in [0.2, 0.25) is 0 Å².